The summed E-state index contributed by atoms with van der Waals surface area (Å²) >= 11 is 0. The predicted molar refractivity (Wildman–Crippen MR) is 96.8 cm³/mol. The second kappa shape index (κ2) is 7.65. The summed E-state index contributed by atoms with van der Waals surface area (Å²) in [5.74, 6) is -0.801. The van der Waals surface area contributed by atoms with Crippen LogP contribution in [-0.2, 0) is 10.0 Å². The third kappa shape index (κ3) is 4.79. The van der Waals surface area contributed by atoms with E-state index >= 15 is 0 Å². The van der Waals surface area contributed by atoms with Crippen molar-refractivity contribution in [3.05, 3.63) is 65.0 Å². The van der Waals surface area contributed by atoms with Crippen molar-refractivity contribution in [2.45, 2.75) is 13.8 Å². The average Bonchev–Trinajstić information content (AvgIpc) is 2.52. The molecule has 0 saturated heterocycles. The summed E-state index contributed by atoms with van der Waals surface area (Å²) in [5, 5.41) is 2.66. The molecule has 0 spiro atoms. The molecule has 0 unspecified atom stereocenters. The molecule has 0 radical (unpaired) electrons. The van der Waals surface area contributed by atoms with Crippen molar-refractivity contribution in [1.82, 2.24) is 5.32 Å². The number of aryl methyl sites for hydroxylation is 2. The number of nitrogens with zero attached hydrogens (tertiary/aromatic N) is 1. The van der Waals surface area contributed by atoms with Crippen LogP contribution in [0.15, 0.2) is 42.5 Å². The van der Waals surface area contributed by atoms with Crippen LogP contribution >= 0.6 is 0 Å². The lowest BCUT2D eigenvalue weighted by atomic mass is 10.1. The fraction of sp³-hybridized carbons (Fsp3) is 0.278. The van der Waals surface area contributed by atoms with Crippen LogP contribution < -0.4 is 9.62 Å². The summed E-state index contributed by atoms with van der Waals surface area (Å²) in [7, 11) is -3.50. The van der Waals surface area contributed by atoms with Gasteiger partial charge in [-0.25, -0.2) is 12.8 Å². The van der Waals surface area contributed by atoms with Crippen LogP contribution in [0.4, 0.5) is 10.1 Å². The molecule has 0 aliphatic rings. The maximum absolute atomic E-state index is 12.9. The summed E-state index contributed by atoms with van der Waals surface area (Å²) in [6, 6.07) is 10.7. The van der Waals surface area contributed by atoms with Crippen molar-refractivity contribution in [3.8, 4) is 0 Å². The third-order valence-electron chi connectivity index (χ3n) is 3.80. The maximum Gasteiger partial charge on any atom is 0.251 e. The quantitative estimate of drug-likeness (QED) is 0.857. The van der Waals surface area contributed by atoms with Gasteiger partial charge >= 0.3 is 0 Å². The molecule has 1 N–H and O–H groups in total. The molecular formula is C18H21FN2O3S. The van der Waals surface area contributed by atoms with Gasteiger partial charge in [-0.3, -0.25) is 9.10 Å². The summed E-state index contributed by atoms with van der Waals surface area (Å²) in [4.78, 5) is 12.1. The Hall–Kier alpha value is -2.41. The lowest BCUT2D eigenvalue weighted by Gasteiger charge is -2.26. The van der Waals surface area contributed by atoms with Gasteiger partial charge in [0.2, 0.25) is 10.0 Å². The second-order valence-corrected chi connectivity index (χ2v) is 7.75. The first-order valence-electron chi connectivity index (χ1n) is 7.78. The molecule has 2 aromatic rings. The lowest BCUT2D eigenvalue weighted by molar-refractivity contribution is 0.0955. The second-order valence-electron chi connectivity index (χ2n) is 5.84. The van der Waals surface area contributed by atoms with Crippen LogP contribution in [0.3, 0.4) is 0 Å². The Balaban J connectivity index is 2.12. The smallest absolute Gasteiger partial charge is 0.251 e. The Morgan fingerprint density at radius 2 is 1.64 bits per heavy atom. The van der Waals surface area contributed by atoms with Crippen molar-refractivity contribution in [3.63, 3.8) is 0 Å². The molecule has 25 heavy (non-hydrogen) atoms. The van der Waals surface area contributed by atoms with Gasteiger partial charge < -0.3 is 5.32 Å². The first-order valence-corrected chi connectivity index (χ1v) is 9.62. The van der Waals surface area contributed by atoms with Crippen molar-refractivity contribution in [2.75, 3.05) is 23.7 Å². The highest BCUT2D eigenvalue weighted by molar-refractivity contribution is 7.92. The van der Waals surface area contributed by atoms with E-state index in [1.165, 1.54) is 28.6 Å². The van der Waals surface area contributed by atoms with E-state index in [1.54, 1.807) is 0 Å². The van der Waals surface area contributed by atoms with Crippen LogP contribution in [0.1, 0.15) is 21.5 Å². The van der Waals surface area contributed by atoms with Crippen molar-refractivity contribution >= 4 is 21.6 Å². The van der Waals surface area contributed by atoms with Gasteiger partial charge in [-0.1, -0.05) is 18.2 Å². The molecule has 0 heterocycles. The molecule has 5 nitrogen and oxygen atoms in total. The molecule has 1 amide bonds. The number of hydrogen-bond acceptors (Lipinski definition) is 3. The maximum atomic E-state index is 12.9. The van der Waals surface area contributed by atoms with E-state index in [0.717, 1.165) is 17.4 Å². The normalized spacial score (nSPS) is 11.2. The highest BCUT2D eigenvalue weighted by atomic mass is 32.2. The van der Waals surface area contributed by atoms with Crippen LogP contribution in [0.2, 0.25) is 0 Å². The van der Waals surface area contributed by atoms with Gasteiger partial charge in [0.25, 0.3) is 5.91 Å². The Bertz CT molecular complexity index is 844. The van der Waals surface area contributed by atoms with Crippen LogP contribution in [0.5, 0.6) is 0 Å². The van der Waals surface area contributed by atoms with Crippen LogP contribution in [0, 0.1) is 19.7 Å². The first kappa shape index (κ1) is 18.9. The van der Waals surface area contributed by atoms with Crippen molar-refractivity contribution in [2.24, 2.45) is 0 Å². The van der Waals surface area contributed by atoms with E-state index in [4.69, 9.17) is 0 Å². The molecule has 0 atom stereocenters. The molecule has 0 aromatic heterocycles. The molecule has 0 aliphatic carbocycles. The van der Waals surface area contributed by atoms with Crippen LogP contribution in [0.25, 0.3) is 0 Å². The number of para-hydroxylation sites is 1. The van der Waals surface area contributed by atoms with E-state index in [-0.39, 0.29) is 19.0 Å². The topological polar surface area (TPSA) is 66.5 Å². The average molecular weight is 364 g/mol. The molecular weight excluding hydrogens is 343 g/mol. The van der Waals surface area contributed by atoms with Gasteiger partial charge in [-0.2, -0.15) is 0 Å². The number of carbonyl (C=O) groups is 1. The van der Waals surface area contributed by atoms with Gasteiger partial charge in [-0.15, -0.1) is 0 Å². The zero-order valence-electron chi connectivity index (χ0n) is 14.4. The molecule has 0 fully saturated rings. The van der Waals surface area contributed by atoms with E-state index in [0.29, 0.717) is 11.3 Å². The zero-order chi connectivity index (χ0) is 18.6. The molecule has 2 aromatic carbocycles. The van der Waals surface area contributed by atoms with E-state index in [2.05, 4.69) is 5.32 Å². The molecule has 7 heteroatoms. The highest BCUT2D eigenvalue weighted by Gasteiger charge is 2.21. The SMILES string of the molecule is Cc1cccc(C)c1N(CCNC(=O)c1ccc(F)cc1)S(C)(=O)=O. The summed E-state index contributed by atoms with van der Waals surface area (Å²) in [6.45, 7) is 3.93. The van der Waals surface area contributed by atoms with Gasteiger partial charge in [0.05, 0.1) is 18.5 Å². The van der Waals surface area contributed by atoms with Crippen molar-refractivity contribution < 1.29 is 17.6 Å². The number of rotatable bonds is 6. The number of nitrogens with one attached hydrogen (secondary N) is 1. The van der Waals surface area contributed by atoms with Gasteiger partial charge in [0.15, 0.2) is 0 Å². The van der Waals surface area contributed by atoms with Gasteiger partial charge in [-0.05, 0) is 49.2 Å². The molecule has 0 bridgehead atoms. The van der Waals surface area contributed by atoms with Crippen LogP contribution in [-0.4, -0.2) is 33.7 Å². The molecule has 0 aliphatic heterocycles. The van der Waals surface area contributed by atoms with Crippen molar-refractivity contribution in [1.29, 1.82) is 0 Å². The van der Waals surface area contributed by atoms with Gasteiger partial charge in [0.1, 0.15) is 5.82 Å². The molecule has 0 saturated carbocycles. The number of carbonyl (C=O) groups excluding carboxylic acids is 1. The number of anilines is 1. The monoisotopic (exact) mass is 364 g/mol. The molecule has 134 valence electrons. The first-order chi connectivity index (χ1) is 11.7. The fourth-order valence-electron chi connectivity index (χ4n) is 2.62. The predicted octanol–water partition coefficient (Wildman–Crippen LogP) is 2.64. The number of hydrogen-bond donors (Lipinski definition) is 1. The minimum absolute atomic E-state index is 0.109. The summed E-state index contributed by atoms with van der Waals surface area (Å²) < 4.78 is 38.6. The van der Waals surface area contributed by atoms with E-state index in [9.17, 15) is 17.6 Å². The number of halogens is 1. The Labute approximate surface area is 147 Å². The number of benzene rings is 2. The molecule has 2 rings (SSSR count). The Morgan fingerprint density at radius 1 is 1.08 bits per heavy atom. The highest BCUT2D eigenvalue weighted by Crippen LogP contribution is 2.26. The number of sulfonamides is 1. The minimum atomic E-state index is -3.50. The lowest BCUT2D eigenvalue weighted by Crippen LogP contribution is -2.38. The zero-order valence-corrected chi connectivity index (χ0v) is 15.2. The standard InChI is InChI=1S/C18H21FN2O3S/c1-13-5-4-6-14(2)17(13)21(25(3,23)24)12-11-20-18(22)15-7-9-16(19)10-8-15/h4-10H,11-12H2,1-3H3,(H,20,22). The Kier molecular flexibility index (Phi) is 5.79. The third-order valence-corrected chi connectivity index (χ3v) is 4.96. The summed E-state index contributed by atoms with van der Waals surface area (Å²) in [5.41, 5.74) is 2.63. The van der Waals surface area contributed by atoms with E-state index in [1.807, 2.05) is 32.0 Å². The largest absolute Gasteiger partial charge is 0.350 e. The van der Waals surface area contributed by atoms with Gasteiger partial charge in [0, 0.05) is 12.1 Å². The Morgan fingerprint density at radius 3 is 2.16 bits per heavy atom. The van der Waals surface area contributed by atoms with E-state index < -0.39 is 15.8 Å². The fourth-order valence-corrected chi connectivity index (χ4v) is 3.66. The minimum Gasteiger partial charge on any atom is -0.350 e. The number of amides is 1. The summed E-state index contributed by atoms with van der Waals surface area (Å²) in [6.07, 6.45) is 1.14.